The van der Waals surface area contributed by atoms with Crippen LogP contribution in [0.2, 0.25) is 0 Å². The number of unbranched alkanes of at least 4 members (excludes halogenated alkanes) is 1. The van der Waals surface area contributed by atoms with Crippen LogP contribution in [0.1, 0.15) is 54.6 Å². The second-order valence-electron chi connectivity index (χ2n) is 5.98. The Balaban J connectivity index is 0.00000264. The van der Waals surface area contributed by atoms with Crippen LogP contribution < -0.4 is 16.0 Å². The summed E-state index contributed by atoms with van der Waals surface area (Å²) in [6.07, 6.45) is 9.03. The lowest BCUT2D eigenvalue weighted by atomic mass is 9.95. The van der Waals surface area contributed by atoms with Gasteiger partial charge in [-0.25, -0.2) is 0 Å². The first-order chi connectivity index (χ1) is 10.9. The monoisotopic (exact) mass is 395 g/mol. The molecule has 1 aliphatic rings. The summed E-state index contributed by atoms with van der Waals surface area (Å²) in [5.74, 6) is 0.0552. The van der Waals surface area contributed by atoms with E-state index in [0.717, 1.165) is 49.9 Å². The highest BCUT2D eigenvalue weighted by Gasteiger charge is 2.11. The first-order valence-electron chi connectivity index (χ1n) is 8.62. The Morgan fingerprint density at radius 1 is 1.04 bits per heavy atom. The summed E-state index contributed by atoms with van der Waals surface area (Å²) in [4.78, 5) is 12.5. The second-order valence-corrected chi connectivity index (χ2v) is 6.93. The van der Waals surface area contributed by atoms with Crippen molar-refractivity contribution in [3.63, 3.8) is 0 Å². The van der Waals surface area contributed by atoms with Crippen LogP contribution in [0.4, 0.5) is 0 Å². The zero-order chi connectivity index (χ0) is 15.5. The molecular weight excluding hydrogens is 365 g/mol. The number of carbonyl (C=O) groups is 1. The second kappa shape index (κ2) is 15.0. The van der Waals surface area contributed by atoms with Gasteiger partial charge in [0.15, 0.2) is 0 Å². The molecule has 1 aromatic heterocycles. The van der Waals surface area contributed by atoms with E-state index >= 15 is 0 Å². The summed E-state index contributed by atoms with van der Waals surface area (Å²) in [6, 6.07) is 4.52. The van der Waals surface area contributed by atoms with Gasteiger partial charge in [-0.1, -0.05) is 25.3 Å². The van der Waals surface area contributed by atoms with Gasteiger partial charge in [0.05, 0.1) is 4.88 Å². The van der Waals surface area contributed by atoms with Crippen LogP contribution in [0.25, 0.3) is 0 Å². The lowest BCUT2D eigenvalue weighted by Gasteiger charge is -2.22. The van der Waals surface area contributed by atoms with Crippen molar-refractivity contribution in [1.82, 2.24) is 16.0 Å². The molecule has 0 unspecified atom stereocenters. The molecule has 0 spiro atoms. The van der Waals surface area contributed by atoms with E-state index in [1.807, 2.05) is 17.5 Å². The molecule has 0 aliphatic heterocycles. The van der Waals surface area contributed by atoms with Crippen molar-refractivity contribution in [1.29, 1.82) is 0 Å². The maximum atomic E-state index is 11.7. The van der Waals surface area contributed by atoms with Crippen molar-refractivity contribution < 1.29 is 4.79 Å². The third kappa shape index (κ3) is 9.84. The highest BCUT2D eigenvalue weighted by atomic mass is 35.5. The smallest absolute Gasteiger partial charge is 0.261 e. The zero-order valence-electron chi connectivity index (χ0n) is 14.2. The van der Waals surface area contributed by atoms with Gasteiger partial charge in [0.1, 0.15) is 0 Å². The SMILES string of the molecule is Cl.Cl.O=C(NCCCCNCCNC1CCCCC1)c1cccs1. The van der Waals surface area contributed by atoms with Gasteiger partial charge in [-0.3, -0.25) is 4.79 Å². The Hall–Kier alpha value is -0.330. The molecule has 7 heteroatoms. The average Bonchev–Trinajstić information content (AvgIpc) is 3.08. The Morgan fingerprint density at radius 2 is 1.79 bits per heavy atom. The molecular formula is C17H31Cl2N3OS. The van der Waals surface area contributed by atoms with Gasteiger partial charge in [0.25, 0.3) is 5.91 Å². The standard InChI is InChI=1S/C17H29N3OS.2ClH/c21-17(16-9-6-14-22-16)20-11-5-4-10-18-12-13-19-15-7-2-1-3-8-15;;/h6,9,14-15,18-19H,1-5,7-8,10-13H2,(H,20,21);2*1H. The van der Waals surface area contributed by atoms with Crippen molar-refractivity contribution in [3.05, 3.63) is 22.4 Å². The van der Waals surface area contributed by atoms with E-state index < -0.39 is 0 Å². The normalized spacial score (nSPS) is 14.5. The third-order valence-electron chi connectivity index (χ3n) is 4.15. The predicted molar refractivity (Wildman–Crippen MR) is 108 cm³/mol. The van der Waals surface area contributed by atoms with E-state index in [4.69, 9.17) is 0 Å². The van der Waals surface area contributed by atoms with E-state index in [-0.39, 0.29) is 30.7 Å². The van der Waals surface area contributed by atoms with E-state index in [0.29, 0.717) is 0 Å². The molecule has 0 saturated heterocycles. The summed E-state index contributed by atoms with van der Waals surface area (Å²) in [5.41, 5.74) is 0. The number of rotatable bonds is 10. The minimum absolute atomic E-state index is 0. The van der Waals surface area contributed by atoms with Crippen LogP contribution in [-0.4, -0.2) is 38.1 Å². The van der Waals surface area contributed by atoms with Crippen LogP contribution in [-0.2, 0) is 0 Å². The molecule has 0 aromatic carbocycles. The summed E-state index contributed by atoms with van der Waals surface area (Å²) in [7, 11) is 0. The Kier molecular flexibility index (Phi) is 14.8. The topological polar surface area (TPSA) is 53.2 Å². The molecule has 2 rings (SSSR count). The molecule has 3 N–H and O–H groups in total. The first kappa shape index (κ1) is 23.7. The zero-order valence-corrected chi connectivity index (χ0v) is 16.7. The van der Waals surface area contributed by atoms with Gasteiger partial charge in [-0.2, -0.15) is 0 Å². The van der Waals surface area contributed by atoms with Gasteiger partial charge < -0.3 is 16.0 Å². The van der Waals surface area contributed by atoms with Crippen molar-refractivity contribution in [3.8, 4) is 0 Å². The largest absolute Gasteiger partial charge is 0.351 e. The number of hydrogen-bond acceptors (Lipinski definition) is 4. The molecule has 0 atom stereocenters. The maximum Gasteiger partial charge on any atom is 0.261 e. The molecule has 1 saturated carbocycles. The summed E-state index contributed by atoms with van der Waals surface area (Å²) in [5, 5.41) is 12.0. The predicted octanol–water partition coefficient (Wildman–Crippen LogP) is 3.61. The van der Waals surface area contributed by atoms with Crippen molar-refractivity contribution in [2.75, 3.05) is 26.2 Å². The lowest BCUT2D eigenvalue weighted by Crippen LogP contribution is -2.36. The molecule has 24 heavy (non-hydrogen) atoms. The summed E-state index contributed by atoms with van der Waals surface area (Å²) in [6.45, 7) is 3.90. The van der Waals surface area contributed by atoms with E-state index in [9.17, 15) is 4.79 Å². The summed E-state index contributed by atoms with van der Waals surface area (Å²) < 4.78 is 0. The molecule has 1 aliphatic carbocycles. The van der Waals surface area contributed by atoms with E-state index in [1.165, 1.54) is 43.4 Å². The highest BCUT2D eigenvalue weighted by Crippen LogP contribution is 2.16. The van der Waals surface area contributed by atoms with Crippen LogP contribution in [0, 0.1) is 0 Å². The minimum atomic E-state index is 0. The van der Waals surface area contributed by atoms with Gasteiger partial charge in [-0.05, 0) is 43.7 Å². The van der Waals surface area contributed by atoms with Crippen LogP contribution in [0.5, 0.6) is 0 Å². The first-order valence-corrected chi connectivity index (χ1v) is 9.50. The average molecular weight is 396 g/mol. The van der Waals surface area contributed by atoms with Gasteiger partial charge in [0.2, 0.25) is 0 Å². The number of nitrogens with one attached hydrogen (secondary N) is 3. The number of halogens is 2. The van der Waals surface area contributed by atoms with Gasteiger partial charge in [0, 0.05) is 25.7 Å². The summed E-state index contributed by atoms with van der Waals surface area (Å²) >= 11 is 1.49. The van der Waals surface area contributed by atoms with Crippen molar-refractivity contribution in [2.45, 2.75) is 51.0 Å². The fourth-order valence-corrected chi connectivity index (χ4v) is 3.51. The molecule has 0 radical (unpaired) electrons. The number of amides is 1. The van der Waals surface area contributed by atoms with Gasteiger partial charge >= 0.3 is 0 Å². The number of hydrogen-bond donors (Lipinski definition) is 3. The fourth-order valence-electron chi connectivity index (χ4n) is 2.87. The number of thiophene rings is 1. The molecule has 0 bridgehead atoms. The van der Waals surface area contributed by atoms with E-state index in [2.05, 4.69) is 16.0 Å². The number of carbonyl (C=O) groups excluding carboxylic acids is 1. The Labute approximate surface area is 162 Å². The molecule has 1 heterocycles. The molecule has 1 fully saturated rings. The Bertz CT molecular complexity index is 412. The van der Waals surface area contributed by atoms with Crippen LogP contribution in [0.3, 0.4) is 0 Å². The van der Waals surface area contributed by atoms with Crippen molar-refractivity contribution in [2.24, 2.45) is 0 Å². The molecule has 140 valence electrons. The van der Waals surface area contributed by atoms with Crippen molar-refractivity contribution >= 4 is 42.1 Å². The fraction of sp³-hybridized carbons (Fsp3) is 0.706. The lowest BCUT2D eigenvalue weighted by molar-refractivity contribution is 0.0957. The van der Waals surface area contributed by atoms with E-state index in [1.54, 1.807) is 0 Å². The minimum Gasteiger partial charge on any atom is -0.351 e. The van der Waals surface area contributed by atoms with Crippen LogP contribution >= 0.6 is 36.2 Å². The molecule has 1 amide bonds. The molecule has 4 nitrogen and oxygen atoms in total. The molecule has 1 aromatic rings. The Morgan fingerprint density at radius 3 is 2.50 bits per heavy atom. The van der Waals surface area contributed by atoms with Gasteiger partial charge in [-0.15, -0.1) is 36.2 Å². The third-order valence-corrected chi connectivity index (χ3v) is 5.02. The highest BCUT2D eigenvalue weighted by molar-refractivity contribution is 7.12. The van der Waals surface area contributed by atoms with Crippen LogP contribution in [0.15, 0.2) is 17.5 Å². The maximum absolute atomic E-state index is 11.7. The quantitative estimate of drug-likeness (QED) is 0.530.